The molecule has 0 heterocycles. The zero-order valence-electron chi connectivity index (χ0n) is 12.8. The molecule has 6 heteroatoms. The van der Waals surface area contributed by atoms with Crippen LogP contribution >= 0.6 is 0 Å². The van der Waals surface area contributed by atoms with Crippen molar-refractivity contribution in [1.82, 2.24) is 4.90 Å². The van der Waals surface area contributed by atoms with E-state index in [0.29, 0.717) is 5.69 Å². The van der Waals surface area contributed by atoms with Gasteiger partial charge in [-0.15, -0.1) is 0 Å². The first-order valence-corrected chi connectivity index (χ1v) is 6.63. The van der Waals surface area contributed by atoms with E-state index in [9.17, 15) is 14.7 Å². The largest absolute Gasteiger partial charge is 0.480 e. The van der Waals surface area contributed by atoms with E-state index in [1.165, 1.54) is 7.05 Å². The Kier molecular flexibility index (Phi) is 5.18. The summed E-state index contributed by atoms with van der Waals surface area (Å²) in [6.07, 6.45) is -0.476. The normalized spacial score (nSPS) is 12.6. The van der Waals surface area contributed by atoms with Gasteiger partial charge in [-0.3, -0.25) is 4.90 Å². The fourth-order valence-electron chi connectivity index (χ4n) is 1.73. The Morgan fingerprint density at radius 2 is 1.81 bits per heavy atom. The highest BCUT2D eigenvalue weighted by molar-refractivity contribution is 5.80. The number of nitrogen functional groups attached to an aromatic ring is 1. The van der Waals surface area contributed by atoms with Crippen LogP contribution in [0, 0.1) is 0 Å². The van der Waals surface area contributed by atoms with Crippen molar-refractivity contribution in [2.24, 2.45) is 0 Å². The molecular formula is C15H22N2O4. The monoisotopic (exact) mass is 294 g/mol. The second-order valence-electron chi connectivity index (χ2n) is 5.89. The topological polar surface area (TPSA) is 92.9 Å². The maximum absolute atomic E-state index is 12.0. The lowest BCUT2D eigenvalue weighted by Gasteiger charge is -2.28. The third kappa shape index (κ3) is 5.33. The quantitative estimate of drug-likeness (QED) is 0.830. The van der Waals surface area contributed by atoms with Gasteiger partial charge < -0.3 is 15.6 Å². The summed E-state index contributed by atoms with van der Waals surface area (Å²) in [5, 5.41) is 9.33. The van der Waals surface area contributed by atoms with Crippen molar-refractivity contribution < 1.29 is 19.4 Å². The lowest BCUT2D eigenvalue weighted by atomic mass is 10.0. The van der Waals surface area contributed by atoms with E-state index in [1.54, 1.807) is 45.0 Å². The summed E-state index contributed by atoms with van der Waals surface area (Å²) < 4.78 is 5.19. The molecule has 116 valence electrons. The van der Waals surface area contributed by atoms with Gasteiger partial charge in [0.1, 0.15) is 11.6 Å². The van der Waals surface area contributed by atoms with Crippen molar-refractivity contribution in [3.8, 4) is 0 Å². The zero-order valence-corrected chi connectivity index (χ0v) is 12.8. The molecule has 0 aliphatic carbocycles. The predicted octanol–water partition coefficient (Wildman–Crippen LogP) is 2.13. The summed E-state index contributed by atoms with van der Waals surface area (Å²) in [6.45, 7) is 5.19. The number of carbonyl (C=O) groups is 2. The fourth-order valence-corrected chi connectivity index (χ4v) is 1.73. The van der Waals surface area contributed by atoms with Crippen molar-refractivity contribution in [3.63, 3.8) is 0 Å². The summed E-state index contributed by atoms with van der Waals surface area (Å²) in [7, 11) is 1.42. The maximum atomic E-state index is 12.0. The van der Waals surface area contributed by atoms with E-state index in [2.05, 4.69) is 0 Å². The lowest BCUT2D eigenvalue weighted by molar-refractivity contribution is -0.142. The number of hydrogen-bond donors (Lipinski definition) is 2. The number of hydrogen-bond acceptors (Lipinski definition) is 4. The van der Waals surface area contributed by atoms with Crippen molar-refractivity contribution in [2.75, 3.05) is 12.8 Å². The number of carboxylic acid groups (broad SMARTS) is 1. The molecule has 0 aliphatic rings. The van der Waals surface area contributed by atoms with Crippen LogP contribution in [0.1, 0.15) is 26.3 Å². The molecule has 1 aromatic rings. The van der Waals surface area contributed by atoms with Gasteiger partial charge in [0.25, 0.3) is 0 Å². The molecule has 0 fully saturated rings. The molecule has 0 saturated heterocycles. The van der Waals surface area contributed by atoms with E-state index in [1.807, 2.05) is 0 Å². The number of rotatable bonds is 4. The predicted molar refractivity (Wildman–Crippen MR) is 80.0 cm³/mol. The van der Waals surface area contributed by atoms with Gasteiger partial charge in [0.15, 0.2) is 0 Å². The molecule has 21 heavy (non-hydrogen) atoms. The average Bonchev–Trinajstić information content (AvgIpc) is 2.34. The molecule has 1 amide bonds. The van der Waals surface area contributed by atoms with Crippen LogP contribution in [0.4, 0.5) is 10.5 Å². The van der Waals surface area contributed by atoms with Gasteiger partial charge in [-0.1, -0.05) is 12.1 Å². The van der Waals surface area contributed by atoms with Crippen LogP contribution < -0.4 is 5.73 Å². The van der Waals surface area contributed by atoms with Crippen molar-refractivity contribution in [1.29, 1.82) is 0 Å². The van der Waals surface area contributed by atoms with Crippen molar-refractivity contribution in [2.45, 2.75) is 38.8 Å². The molecule has 1 rings (SSSR count). The second kappa shape index (κ2) is 6.47. The van der Waals surface area contributed by atoms with Gasteiger partial charge in [-0.05, 0) is 38.5 Å². The van der Waals surface area contributed by atoms with Crippen LogP contribution in [0.15, 0.2) is 24.3 Å². The minimum Gasteiger partial charge on any atom is -0.480 e. The number of carbonyl (C=O) groups excluding carboxylic acids is 1. The van der Waals surface area contributed by atoms with E-state index in [0.717, 1.165) is 10.5 Å². The number of nitrogens with two attached hydrogens (primary N) is 1. The van der Waals surface area contributed by atoms with Crippen LogP contribution in [0.2, 0.25) is 0 Å². The number of amides is 1. The molecule has 0 aromatic heterocycles. The van der Waals surface area contributed by atoms with Gasteiger partial charge in [0, 0.05) is 19.2 Å². The minimum atomic E-state index is -1.08. The number of benzene rings is 1. The Bertz CT molecular complexity index is 505. The summed E-state index contributed by atoms with van der Waals surface area (Å²) in [6, 6.07) is 5.88. The number of ether oxygens (including phenoxy) is 1. The van der Waals surface area contributed by atoms with Gasteiger partial charge in [-0.25, -0.2) is 9.59 Å². The molecule has 0 spiro atoms. The first kappa shape index (κ1) is 16.8. The molecule has 1 atom stereocenters. The Balaban J connectivity index is 2.83. The van der Waals surface area contributed by atoms with Crippen LogP contribution in [0.5, 0.6) is 0 Å². The Hall–Kier alpha value is -2.24. The highest BCUT2D eigenvalue weighted by Gasteiger charge is 2.30. The number of nitrogens with zero attached hydrogens (tertiary/aromatic N) is 1. The van der Waals surface area contributed by atoms with Crippen LogP contribution in [-0.4, -0.2) is 40.8 Å². The molecule has 3 N–H and O–H groups in total. The highest BCUT2D eigenvalue weighted by Crippen LogP contribution is 2.15. The molecule has 1 unspecified atom stereocenters. The number of anilines is 1. The van der Waals surface area contributed by atoms with Crippen LogP contribution in [-0.2, 0) is 16.0 Å². The lowest BCUT2D eigenvalue weighted by Crippen LogP contribution is -2.46. The number of likely N-dealkylation sites (N-methyl/N-ethyl adjacent to an activating group) is 1. The molecular weight excluding hydrogens is 272 g/mol. The number of carboxylic acids is 1. The van der Waals surface area contributed by atoms with E-state index in [-0.39, 0.29) is 6.42 Å². The first-order valence-electron chi connectivity index (χ1n) is 6.63. The molecule has 6 nitrogen and oxygen atoms in total. The third-order valence-corrected chi connectivity index (χ3v) is 2.84. The van der Waals surface area contributed by atoms with E-state index >= 15 is 0 Å². The highest BCUT2D eigenvalue weighted by atomic mass is 16.6. The van der Waals surface area contributed by atoms with E-state index in [4.69, 9.17) is 10.5 Å². The summed E-state index contributed by atoms with van der Waals surface area (Å²) in [5.41, 5.74) is 6.31. The molecule has 0 bridgehead atoms. The second-order valence-corrected chi connectivity index (χ2v) is 5.89. The van der Waals surface area contributed by atoms with Gasteiger partial charge in [-0.2, -0.15) is 0 Å². The summed E-state index contributed by atoms with van der Waals surface area (Å²) >= 11 is 0. The molecule has 0 saturated carbocycles. The first-order chi connectivity index (χ1) is 9.60. The van der Waals surface area contributed by atoms with Crippen molar-refractivity contribution >= 4 is 17.7 Å². The Morgan fingerprint density at radius 3 is 2.24 bits per heavy atom. The molecule has 0 radical (unpaired) electrons. The van der Waals surface area contributed by atoms with E-state index < -0.39 is 23.7 Å². The summed E-state index contributed by atoms with van der Waals surface area (Å²) in [4.78, 5) is 24.5. The molecule has 0 aliphatic heterocycles. The standard InChI is InChI=1S/C15H22N2O4/c1-15(2,3)21-14(20)17(4)12(13(18)19)9-10-5-7-11(16)8-6-10/h5-8,12H,9,16H2,1-4H3,(H,18,19). The smallest absolute Gasteiger partial charge is 0.410 e. The zero-order chi connectivity index (χ0) is 16.2. The number of aliphatic carboxylic acids is 1. The third-order valence-electron chi connectivity index (χ3n) is 2.84. The minimum absolute atomic E-state index is 0.186. The Morgan fingerprint density at radius 1 is 1.29 bits per heavy atom. The van der Waals surface area contributed by atoms with Crippen LogP contribution in [0.3, 0.4) is 0 Å². The maximum Gasteiger partial charge on any atom is 0.410 e. The van der Waals surface area contributed by atoms with Gasteiger partial charge >= 0.3 is 12.1 Å². The summed E-state index contributed by atoms with van der Waals surface area (Å²) in [5.74, 6) is -1.08. The fraction of sp³-hybridized carbons (Fsp3) is 0.467. The van der Waals surface area contributed by atoms with Gasteiger partial charge in [0.2, 0.25) is 0 Å². The Labute approximate surface area is 124 Å². The van der Waals surface area contributed by atoms with Crippen LogP contribution in [0.25, 0.3) is 0 Å². The SMILES string of the molecule is CN(C(=O)OC(C)(C)C)C(Cc1ccc(N)cc1)C(=O)O. The average molecular weight is 294 g/mol. The molecule has 1 aromatic carbocycles. The van der Waals surface area contributed by atoms with Gasteiger partial charge in [0.05, 0.1) is 0 Å². The van der Waals surface area contributed by atoms with Crippen molar-refractivity contribution in [3.05, 3.63) is 29.8 Å².